The van der Waals surface area contributed by atoms with E-state index in [2.05, 4.69) is 20.6 Å². The Balaban J connectivity index is 1.48. The molecule has 168 valence electrons. The fraction of sp³-hybridized carbons (Fsp3) is 0.391. The molecule has 0 aliphatic heterocycles. The van der Waals surface area contributed by atoms with E-state index in [-0.39, 0.29) is 17.6 Å². The first-order valence-electron chi connectivity index (χ1n) is 10.6. The molecule has 1 saturated carbocycles. The van der Waals surface area contributed by atoms with E-state index in [0.717, 1.165) is 32.1 Å². The van der Waals surface area contributed by atoms with Crippen molar-refractivity contribution in [2.24, 2.45) is 5.41 Å². The first kappa shape index (κ1) is 21.6. The van der Waals surface area contributed by atoms with Crippen molar-refractivity contribution in [2.75, 3.05) is 26.0 Å². The van der Waals surface area contributed by atoms with E-state index >= 15 is 0 Å². The minimum absolute atomic E-state index is 0.190. The lowest BCUT2D eigenvalue weighted by Crippen LogP contribution is -2.40. The van der Waals surface area contributed by atoms with Crippen molar-refractivity contribution in [3.05, 3.63) is 42.2 Å². The van der Waals surface area contributed by atoms with Crippen molar-refractivity contribution in [3.8, 4) is 11.5 Å². The number of hydrogen-bond donors (Lipinski definition) is 2. The molecule has 32 heavy (non-hydrogen) atoms. The Morgan fingerprint density at radius 1 is 1.12 bits per heavy atom. The predicted molar refractivity (Wildman–Crippen MR) is 118 cm³/mol. The molecule has 0 radical (unpaired) electrons. The summed E-state index contributed by atoms with van der Waals surface area (Å²) in [7, 11) is 2.97. The number of methoxy groups -OCH3 is 1. The van der Waals surface area contributed by atoms with E-state index in [1.807, 2.05) is 0 Å². The molecule has 2 aromatic heterocycles. The zero-order chi connectivity index (χ0) is 22.6. The van der Waals surface area contributed by atoms with Crippen molar-refractivity contribution < 1.29 is 23.5 Å². The minimum atomic E-state index is -0.550. The Bertz CT molecular complexity index is 1120. The molecule has 3 aromatic rings. The number of amides is 1. The standard InChI is InChI=1S/C23H26N4O5/c1-24-20(28)18-12-16(8-11-25-18)31-15-6-7-17-19(13-15)32-22(27-17)26-14-23(21(29)30-2)9-4-3-5-10-23/h6-8,11-13H,3-5,9-10,14H2,1-2H3,(H,24,28)(H,26,27). The van der Waals surface area contributed by atoms with Crippen LogP contribution in [-0.4, -0.2) is 42.5 Å². The van der Waals surface area contributed by atoms with Gasteiger partial charge in [-0.05, 0) is 31.0 Å². The lowest BCUT2D eigenvalue weighted by molar-refractivity contribution is -0.153. The maximum Gasteiger partial charge on any atom is 0.313 e. The zero-order valence-corrected chi connectivity index (χ0v) is 18.1. The molecule has 1 aromatic carbocycles. The lowest BCUT2D eigenvalue weighted by atomic mass is 9.74. The van der Waals surface area contributed by atoms with E-state index in [4.69, 9.17) is 13.9 Å². The number of fused-ring (bicyclic) bond motifs is 1. The van der Waals surface area contributed by atoms with Crippen molar-refractivity contribution in [1.29, 1.82) is 0 Å². The molecule has 2 heterocycles. The highest BCUT2D eigenvalue weighted by atomic mass is 16.5. The van der Waals surface area contributed by atoms with E-state index in [1.54, 1.807) is 37.4 Å². The molecule has 0 spiro atoms. The number of hydrogen-bond acceptors (Lipinski definition) is 8. The molecular weight excluding hydrogens is 412 g/mol. The molecule has 1 aliphatic rings. The van der Waals surface area contributed by atoms with Crippen LogP contribution in [0.15, 0.2) is 40.9 Å². The van der Waals surface area contributed by atoms with Gasteiger partial charge in [0.15, 0.2) is 5.58 Å². The molecular formula is C23H26N4O5. The molecule has 0 saturated heterocycles. The second-order valence-corrected chi connectivity index (χ2v) is 7.89. The van der Waals surface area contributed by atoms with Crippen LogP contribution in [0.2, 0.25) is 0 Å². The Kier molecular flexibility index (Phi) is 6.25. The first-order valence-corrected chi connectivity index (χ1v) is 10.6. The fourth-order valence-electron chi connectivity index (χ4n) is 4.05. The number of nitrogens with one attached hydrogen (secondary N) is 2. The van der Waals surface area contributed by atoms with Crippen LogP contribution in [0.25, 0.3) is 11.1 Å². The summed E-state index contributed by atoms with van der Waals surface area (Å²) in [6, 6.07) is 8.86. The minimum Gasteiger partial charge on any atom is -0.469 e. The number of ether oxygens (including phenoxy) is 2. The average Bonchev–Trinajstić information content (AvgIpc) is 3.24. The zero-order valence-electron chi connectivity index (χ0n) is 18.1. The highest BCUT2D eigenvalue weighted by molar-refractivity contribution is 5.92. The highest BCUT2D eigenvalue weighted by Gasteiger charge is 2.40. The van der Waals surface area contributed by atoms with Crippen LogP contribution in [0, 0.1) is 5.41 Å². The Morgan fingerprint density at radius 2 is 1.91 bits per heavy atom. The largest absolute Gasteiger partial charge is 0.469 e. The third-order valence-corrected chi connectivity index (χ3v) is 5.79. The number of oxazole rings is 1. The summed E-state index contributed by atoms with van der Waals surface area (Å²) in [5.74, 6) is 0.533. The summed E-state index contributed by atoms with van der Waals surface area (Å²) < 4.78 is 16.8. The first-order chi connectivity index (χ1) is 15.5. The van der Waals surface area contributed by atoms with Gasteiger partial charge in [0.2, 0.25) is 0 Å². The number of pyridine rings is 1. The van der Waals surface area contributed by atoms with Crippen LogP contribution in [-0.2, 0) is 9.53 Å². The summed E-state index contributed by atoms with van der Waals surface area (Å²) in [6.07, 6.45) is 6.22. The van der Waals surface area contributed by atoms with Gasteiger partial charge in [-0.15, -0.1) is 0 Å². The summed E-state index contributed by atoms with van der Waals surface area (Å²) in [5.41, 5.74) is 0.920. The summed E-state index contributed by atoms with van der Waals surface area (Å²) >= 11 is 0. The number of carbonyl (C=O) groups excluding carboxylic acids is 2. The van der Waals surface area contributed by atoms with Crippen LogP contribution >= 0.6 is 0 Å². The van der Waals surface area contributed by atoms with Crippen LogP contribution in [0.1, 0.15) is 42.6 Å². The maximum absolute atomic E-state index is 12.4. The molecule has 2 N–H and O–H groups in total. The molecule has 1 amide bonds. The molecule has 1 fully saturated rings. The van der Waals surface area contributed by atoms with Gasteiger partial charge in [-0.1, -0.05) is 19.3 Å². The van der Waals surface area contributed by atoms with Gasteiger partial charge < -0.3 is 24.5 Å². The molecule has 0 bridgehead atoms. The second-order valence-electron chi connectivity index (χ2n) is 7.89. The quantitative estimate of drug-likeness (QED) is 0.534. The van der Waals surface area contributed by atoms with Gasteiger partial charge in [0, 0.05) is 31.9 Å². The SMILES string of the molecule is CNC(=O)c1cc(Oc2ccc3nc(NCC4(C(=O)OC)CCCCC4)oc3c2)ccn1. The molecule has 1 aliphatic carbocycles. The number of benzene rings is 1. The van der Waals surface area contributed by atoms with Crippen molar-refractivity contribution in [1.82, 2.24) is 15.3 Å². The monoisotopic (exact) mass is 438 g/mol. The molecule has 0 unspecified atom stereocenters. The van der Waals surface area contributed by atoms with E-state index in [9.17, 15) is 9.59 Å². The molecule has 4 rings (SSSR count). The lowest BCUT2D eigenvalue weighted by Gasteiger charge is -2.34. The number of aromatic nitrogens is 2. The Labute approximate surface area is 185 Å². The van der Waals surface area contributed by atoms with E-state index in [1.165, 1.54) is 13.3 Å². The number of anilines is 1. The topological polar surface area (TPSA) is 116 Å². The van der Waals surface area contributed by atoms with Gasteiger partial charge in [0.05, 0.1) is 12.5 Å². The van der Waals surface area contributed by atoms with Crippen molar-refractivity contribution in [2.45, 2.75) is 32.1 Å². The van der Waals surface area contributed by atoms with Crippen LogP contribution in [0.3, 0.4) is 0 Å². The van der Waals surface area contributed by atoms with Gasteiger partial charge in [-0.25, -0.2) is 0 Å². The Morgan fingerprint density at radius 3 is 2.66 bits per heavy atom. The van der Waals surface area contributed by atoms with Crippen molar-refractivity contribution in [3.63, 3.8) is 0 Å². The van der Waals surface area contributed by atoms with Crippen molar-refractivity contribution >= 4 is 29.0 Å². The fourth-order valence-corrected chi connectivity index (χ4v) is 4.05. The molecule has 0 atom stereocenters. The van der Waals surface area contributed by atoms with Gasteiger partial charge in [0.1, 0.15) is 22.7 Å². The molecule has 9 nitrogen and oxygen atoms in total. The summed E-state index contributed by atoms with van der Waals surface area (Å²) in [5, 5.41) is 5.72. The van der Waals surface area contributed by atoms with E-state index in [0.29, 0.717) is 35.2 Å². The van der Waals surface area contributed by atoms with Crippen LogP contribution in [0.5, 0.6) is 11.5 Å². The van der Waals surface area contributed by atoms with Crippen LogP contribution < -0.4 is 15.4 Å². The third kappa shape index (κ3) is 4.51. The van der Waals surface area contributed by atoms with E-state index < -0.39 is 5.41 Å². The number of nitrogens with zero attached hydrogens (tertiary/aromatic N) is 2. The summed E-state index contributed by atoms with van der Waals surface area (Å²) in [4.78, 5) is 32.7. The smallest absolute Gasteiger partial charge is 0.313 e. The normalized spacial score (nSPS) is 15.2. The number of carbonyl (C=O) groups is 2. The Hall–Kier alpha value is -3.62. The molecule has 9 heteroatoms. The average molecular weight is 438 g/mol. The number of esters is 1. The van der Waals surface area contributed by atoms with Gasteiger partial charge >= 0.3 is 5.97 Å². The second kappa shape index (κ2) is 9.25. The van der Waals surface area contributed by atoms with Gasteiger partial charge in [-0.3, -0.25) is 14.6 Å². The van der Waals surface area contributed by atoms with Gasteiger partial charge in [0.25, 0.3) is 11.9 Å². The maximum atomic E-state index is 12.4. The highest BCUT2D eigenvalue weighted by Crippen LogP contribution is 2.38. The number of rotatable bonds is 7. The third-order valence-electron chi connectivity index (χ3n) is 5.79. The summed E-state index contributed by atoms with van der Waals surface area (Å²) in [6.45, 7) is 0.412. The predicted octanol–water partition coefficient (Wildman–Crippen LogP) is 3.91. The van der Waals surface area contributed by atoms with Gasteiger partial charge in [-0.2, -0.15) is 4.98 Å². The van der Waals surface area contributed by atoms with Crippen LogP contribution in [0.4, 0.5) is 6.01 Å².